The summed E-state index contributed by atoms with van der Waals surface area (Å²) in [5, 5.41) is 6.52. The number of fused-ring (bicyclic) bond motifs is 14. The molecule has 3 aromatic heterocycles. The van der Waals surface area contributed by atoms with Crippen molar-refractivity contribution in [3.8, 4) is 5.69 Å². The van der Waals surface area contributed by atoms with Gasteiger partial charge >= 0.3 is 0 Å². The monoisotopic (exact) mass is 1060 g/mol. The van der Waals surface area contributed by atoms with E-state index in [1.807, 2.05) is 22.7 Å². The van der Waals surface area contributed by atoms with Crippen molar-refractivity contribution < 1.29 is 0 Å². The van der Waals surface area contributed by atoms with Crippen LogP contribution in [0.4, 0.5) is 51.2 Å². The van der Waals surface area contributed by atoms with Gasteiger partial charge in [-0.2, -0.15) is 0 Å². The molecule has 0 N–H and O–H groups in total. The van der Waals surface area contributed by atoms with Gasteiger partial charge in [0, 0.05) is 63.9 Å². The van der Waals surface area contributed by atoms with Crippen molar-refractivity contribution in [1.29, 1.82) is 0 Å². The molecule has 3 aliphatic rings. The molecule has 7 heteroatoms. The Kier molecular flexibility index (Phi) is 10.1. The van der Waals surface area contributed by atoms with Crippen molar-refractivity contribution in [3.63, 3.8) is 0 Å². The predicted molar refractivity (Wildman–Crippen MR) is 346 cm³/mol. The maximum Gasteiger partial charge on any atom is 0.264 e. The molecule has 0 saturated heterocycles. The molecule has 79 heavy (non-hydrogen) atoms. The number of aromatic nitrogens is 1. The molecular weight excluding hydrogens is 996 g/mol. The van der Waals surface area contributed by atoms with Crippen LogP contribution in [0.5, 0.6) is 0 Å². The van der Waals surface area contributed by atoms with Crippen LogP contribution in [0.15, 0.2) is 176 Å². The van der Waals surface area contributed by atoms with Crippen LogP contribution in [-0.4, -0.2) is 11.3 Å². The van der Waals surface area contributed by atoms with E-state index in [2.05, 4.69) is 278 Å². The Morgan fingerprint density at radius 3 is 1.58 bits per heavy atom. The highest BCUT2D eigenvalue weighted by Crippen LogP contribution is 2.57. The number of hydrogen-bond acceptors (Lipinski definition) is 5. The fourth-order valence-corrected chi connectivity index (χ4v) is 15.7. The van der Waals surface area contributed by atoms with E-state index >= 15 is 0 Å². The average molecular weight is 1060 g/mol. The second kappa shape index (κ2) is 16.5. The highest BCUT2D eigenvalue weighted by Gasteiger charge is 2.49. The molecule has 15 rings (SSSR count). The quantitative estimate of drug-likeness (QED) is 0.163. The number of rotatable bonds is 4. The van der Waals surface area contributed by atoms with Crippen LogP contribution in [0.25, 0.3) is 57.8 Å². The van der Waals surface area contributed by atoms with Crippen molar-refractivity contribution in [3.05, 3.63) is 198 Å². The molecule has 0 atom stereocenters. The average Bonchev–Trinajstić information content (AvgIpc) is 3.28. The Morgan fingerprint density at radius 1 is 0.380 bits per heavy atom. The summed E-state index contributed by atoms with van der Waals surface area (Å²) in [5.74, 6) is 0. The van der Waals surface area contributed by atoms with Gasteiger partial charge in [0.05, 0.1) is 49.9 Å². The Balaban J connectivity index is 1.16. The van der Waals surface area contributed by atoms with Crippen LogP contribution in [0.3, 0.4) is 0 Å². The molecular formula is C72H65BN4S2. The minimum atomic E-state index is -0.144. The molecule has 3 aliphatic heterocycles. The van der Waals surface area contributed by atoms with Crippen LogP contribution in [0.1, 0.15) is 105 Å². The first-order valence-corrected chi connectivity index (χ1v) is 29.8. The minimum absolute atomic E-state index is 0.0219. The lowest BCUT2D eigenvalue weighted by molar-refractivity contribution is 0.590. The summed E-state index contributed by atoms with van der Waals surface area (Å²) in [5.41, 5.74) is 22.3. The molecule has 0 bridgehead atoms. The SMILES string of the molecule is CC(C)(C)c1cc2c3c(c1)-n1c4ccc(C(C)(C)C)cc4c4cc(C(C)(C)C)cc(c41)N3c1cc(N(c3ccccc3)c3ccccc3)cc3c1B2c1sc2ccc(C(C)(C)C)cc2c1N3c1cccc2c1sc1ccccc12. The third-order valence-electron chi connectivity index (χ3n) is 17.4. The first-order chi connectivity index (χ1) is 37.7. The first-order valence-electron chi connectivity index (χ1n) is 28.2. The van der Waals surface area contributed by atoms with Crippen molar-refractivity contribution in [2.45, 2.75) is 105 Å². The molecule has 6 heterocycles. The molecule has 0 spiro atoms. The third kappa shape index (κ3) is 7.10. The largest absolute Gasteiger partial charge is 0.310 e. The zero-order chi connectivity index (χ0) is 54.4. The normalized spacial score (nSPS) is 14.0. The lowest BCUT2D eigenvalue weighted by atomic mass is 9.35. The van der Waals surface area contributed by atoms with Crippen molar-refractivity contribution in [2.75, 3.05) is 14.7 Å². The van der Waals surface area contributed by atoms with Gasteiger partial charge in [-0.1, -0.05) is 168 Å². The summed E-state index contributed by atoms with van der Waals surface area (Å²) in [6.45, 7) is 28.4. The molecule has 0 unspecified atom stereocenters. The number of nitrogens with zero attached hydrogens (tertiary/aromatic N) is 4. The minimum Gasteiger partial charge on any atom is -0.310 e. The molecule has 12 aromatic rings. The van der Waals surface area contributed by atoms with Gasteiger partial charge in [-0.25, -0.2) is 0 Å². The van der Waals surface area contributed by atoms with Crippen molar-refractivity contribution >= 4 is 148 Å². The topological polar surface area (TPSA) is 14.7 Å². The molecule has 0 radical (unpaired) electrons. The van der Waals surface area contributed by atoms with Gasteiger partial charge in [0.25, 0.3) is 6.71 Å². The number of thiophene rings is 2. The molecule has 0 saturated carbocycles. The van der Waals surface area contributed by atoms with Gasteiger partial charge in [-0.3, -0.25) is 0 Å². The number of benzene rings is 9. The van der Waals surface area contributed by atoms with E-state index in [1.54, 1.807) is 0 Å². The lowest BCUT2D eigenvalue weighted by Crippen LogP contribution is -2.61. The summed E-state index contributed by atoms with van der Waals surface area (Å²) < 4.78 is 7.97. The second-order valence-corrected chi connectivity index (χ2v) is 28.8. The van der Waals surface area contributed by atoms with E-state index < -0.39 is 0 Å². The highest BCUT2D eigenvalue weighted by atomic mass is 32.1. The fourth-order valence-electron chi connectivity index (χ4n) is 13.2. The van der Waals surface area contributed by atoms with Gasteiger partial charge < -0.3 is 19.3 Å². The Labute approximate surface area is 473 Å². The summed E-state index contributed by atoms with van der Waals surface area (Å²) in [4.78, 5) is 7.94. The summed E-state index contributed by atoms with van der Waals surface area (Å²) in [6.07, 6.45) is 0. The predicted octanol–water partition coefficient (Wildman–Crippen LogP) is 19.4. The molecule has 388 valence electrons. The van der Waals surface area contributed by atoms with E-state index in [1.165, 1.54) is 130 Å². The van der Waals surface area contributed by atoms with Crippen LogP contribution >= 0.6 is 22.7 Å². The Bertz CT molecular complexity index is 4510. The summed E-state index contributed by atoms with van der Waals surface area (Å²) in [7, 11) is 0. The standard InChI is InChI=1S/C72H65BN4S2/c1-69(2,3)42-30-32-55-51(34-42)52-36-44(71(7,8)9)38-59-64(52)75(55)60-39-45(72(10,11)12)37-54-66(60)77(59)58-41-48(74(46-22-15-13-16-23-46)47-24-17-14-18-25-47)40-57-63(58)73(54)68-65(53-35-43(70(4,5)6)31-33-62(53)79-68)76(57)56-28-21-27-50-49-26-19-20-29-61(49)78-67(50)56/h13-41H,1-12H3. The van der Waals surface area contributed by atoms with Gasteiger partial charge in [-0.15, -0.1) is 22.7 Å². The van der Waals surface area contributed by atoms with Crippen LogP contribution in [0.2, 0.25) is 0 Å². The van der Waals surface area contributed by atoms with E-state index in [-0.39, 0.29) is 28.4 Å². The van der Waals surface area contributed by atoms with Gasteiger partial charge in [0.2, 0.25) is 0 Å². The van der Waals surface area contributed by atoms with Crippen LogP contribution in [0, 0.1) is 0 Å². The fraction of sp³-hybridized carbons (Fsp3) is 0.222. The zero-order valence-corrected chi connectivity index (χ0v) is 49.1. The zero-order valence-electron chi connectivity index (χ0n) is 47.4. The molecule has 4 nitrogen and oxygen atoms in total. The molecule has 0 fully saturated rings. The highest BCUT2D eigenvalue weighted by molar-refractivity contribution is 7.34. The van der Waals surface area contributed by atoms with E-state index in [0.29, 0.717) is 0 Å². The molecule has 0 amide bonds. The Morgan fingerprint density at radius 2 is 0.924 bits per heavy atom. The van der Waals surface area contributed by atoms with E-state index in [4.69, 9.17) is 0 Å². The molecule has 0 aliphatic carbocycles. The Hall–Kier alpha value is -7.58. The summed E-state index contributed by atoms with van der Waals surface area (Å²) >= 11 is 3.92. The first kappa shape index (κ1) is 48.5. The van der Waals surface area contributed by atoms with Crippen LogP contribution < -0.4 is 30.4 Å². The van der Waals surface area contributed by atoms with Crippen LogP contribution in [-0.2, 0) is 21.7 Å². The van der Waals surface area contributed by atoms with Crippen molar-refractivity contribution in [2.24, 2.45) is 0 Å². The van der Waals surface area contributed by atoms with E-state index in [9.17, 15) is 0 Å². The maximum absolute atomic E-state index is 2.74. The number of anilines is 9. The second-order valence-electron chi connectivity index (χ2n) is 26.7. The van der Waals surface area contributed by atoms with Crippen molar-refractivity contribution in [1.82, 2.24) is 4.57 Å². The van der Waals surface area contributed by atoms with Gasteiger partial charge in [-0.05, 0) is 146 Å². The summed E-state index contributed by atoms with van der Waals surface area (Å²) in [6, 6.07) is 68.0. The maximum atomic E-state index is 2.74. The van der Waals surface area contributed by atoms with Gasteiger partial charge in [0.1, 0.15) is 0 Å². The van der Waals surface area contributed by atoms with E-state index in [0.717, 1.165) is 17.1 Å². The number of hydrogen-bond donors (Lipinski definition) is 0. The smallest absolute Gasteiger partial charge is 0.264 e. The number of para-hydroxylation sites is 2. The van der Waals surface area contributed by atoms with Gasteiger partial charge in [0.15, 0.2) is 0 Å². The lowest BCUT2D eigenvalue weighted by Gasteiger charge is -2.46. The third-order valence-corrected chi connectivity index (χ3v) is 19.9. The molecule has 9 aromatic carbocycles.